The zero-order valence-electron chi connectivity index (χ0n) is 21.1. The molecule has 0 unspecified atom stereocenters. The quantitative estimate of drug-likeness (QED) is 0.273. The van der Waals surface area contributed by atoms with E-state index in [-0.39, 0.29) is 36.0 Å². The summed E-state index contributed by atoms with van der Waals surface area (Å²) < 4.78 is 51.8. The average molecular weight is 562 g/mol. The highest BCUT2D eigenvalue weighted by atomic mass is 35.5. The zero-order valence-corrected chi connectivity index (χ0v) is 21.8. The van der Waals surface area contributed by atoms with E-state index in [4.69, 9.17) is 16.3 Å². The van der Waals surface area contributed by atoms with Gasteiger partial charge in [-0.3, -0.25) is 23.5 Å². The van der Waals surface area contributed by atoms with Gasteiger partial charge in [0.25, 0.3) is 5.56 Å². The number of benzene rings is 2. The standard InChI is InChI=1S/C26H23ClF3N5O4/c1-4-18(31-5-2)15-35-22-21(23(36)33(3)25(35)37)34(14-16-9-11-17(27)12-10-16)24(32-22)38-19-7-6-8-20(13-19)39-26(28,29)30/h4-13H,14-15H2,1-3H3/b18-4-,31-5-. The molecular weight excluding hydrogens is 539 g/mol. The number of fused-ring (bicyclic) bond motifs is 1. The van der Waals surface area contributed by atoms with Gasteiger partial charge < -0.3 is 9.47 Å². The molecule has 9 nitrogen and oxygen atoms in total. The molecular formula is C26H23ClF3N5O4. The second-order valence-electron chi connectivity index (χ2n) is 8.30. The molecule has 2 heterocycles. The monoisotopic (exact) mass is 561 g/mol. The molecule has 0 amide bonds. The lowest BCUT2D eigenvalue weighted by Crippen LogP contribution is -2.39. The van der Waals surface area contributed by atoms with Crippen LogP contribution in [-0.4, -0.2) is 31.3 Å². The van der Waals surface area contributed by atoms with E-state index in [0.717, 1.165) is 22.3 Å². The molecule has 0 atom stereocenters. The number of allylic oxidation sites excluding steroid dienone is 2. The van der Waals surface area contributed by atoms with Crippen LogP contribution in [0.2, 0.25) is 5.02 Å². The van der Waals surface area contributed by atoms with E-state index in [0.29, 0.717) is 10.7 Å². The number of rotatable bonds is 8. The lowest BCUT2D eigenvalue weighted by molar-refractivity contribution is -0.274. The minimum atomic E-state index is -4.89. The highest BCUT2D eigenvalue weighted by Gasteiger charge is 2.31. The Morgan fingerprint density at radius 3 is 2.41 bits per heavy atom. The Morgan fingerprint density at radius 2 is 1.77 bits per heavy atom. The van der Waals surface area contributed by atoms with Crippen LogP contribution < -0.4 is 20.7 Å². The van der Waals surface area contributed by atoms with Gasteiger partial charge in [0.1, 0.15) is 11.5 Å². The lowest BCUT2D eigenvalue weighted by atomic mass is 10.2. The smallest absolute Gasteiger partial charge is 0.425 e. The molecule has 4 aromatic rings. The van der Waals surface area contributed by atoms with Crippen molar-refractivity contribution in [1.29, 1.82) is 0 Å². The predicted molar refractivity (Wildman–Crippen MR) is 141 cm³/mol. The van der Waals surface area contributed by atoms with Crippen LogP contribution in [0.15, 0.2) is 74.9 Å². The van der Waals surface area contributed by atoms with Gasteiger partial charge in [-0.05, 0) is 43.7 Å². The number of hydrogen-bond acceptors (Lipinski definition) is 6. The van der Waals surface area contributed by atoms with Crippen LogP contribution in [0.5, 0.6) is 17.5 Å². The van der Waals surface area contributed by atoms with E-state index >= 15 is 0 Å². The SMILES string of the molecule is C/C=N\C(=C/C)Cn1c(=O)n(C)c(=O)c2c1nc(Oc1cccc(OC(F)(F)F)c1)n2Cc1ccc(Cl)cc1. The largest absolute Gasteiger partial charge is 0.573 e. The summed E-state index contributed by atoms with van der Waals surface area (Å²) >= 11 is 6.02. The lowest BCUT2D eigenvalue weighted by Gasteiger charge is -2.12. The van der Waals surface area contributed by atoms with Crippen LogP contribution in [0.4, 0.5) is 13.2 Å². The van der Waals surface area contributed by atoms with E-state index < -0.39 is 23.4 Å². The number of alkyl halides is 3. The predicted octanol–water partition coefficient (Wildman–Crippen LogP) is 5.28. The Balaban J connectivity index is 1.92. The first kappa shape index (κ1) is 27.7. The van der Waals surface area contributed by atoms with Gasteiger partial charge in [0.15, 0.2) is 11.2 Å². The maximum absolute atomic E-state index is 13.3. The summed E-state index contributed by atoms with van der Waals surface area (Å²) in [6, 6.07) is 11.6. The van der Waals surface area contributed by atoms with E-state index in [1.54, 1.807) is 50.4 Å². The van der Waals surface area contributed by atoms with Crippen molar-refractivity contribution in [2.75, 3.05) is 0 Å². The second-order valence-corrected chi connectivity index (χ2v) is 8.74. The summed E-state index contributed by atoms with van der Waals surface area (Å²) in [6.45, 7) is 3.58. The molecule has 204 valence electrons. The van der Waals surface area contributed by atoms with E-state index in [9.17, 15) is 22.8 Å². The number of nitrogens with zero attached hydrogens (tertiary/aromatic N) is 5. The summed E-state index contributed by atoms with van der Waals surface area (Å²) in [4.78, 5) is 35.2. The van der Waals surface area contributed by atoms with Crippen molar-refractivity contribution in [2.24, 2.45) is 12.0 Å². The van der Waals surface area contributed by atoms with Crippen molar-refractivity contribution < 1.29 is 22.6 Å². The molecule has 13 heteroatoms. The Bertz CT molecular complexity index is 1690. The molecule has 0 radical (unpaired) electrons. The molecule has 0 saturated heterocycles. The topological polar surface area (TPSA) is 92.6 Å². The Labute approximate surface area is 225 Å². The summed E-state index contributed by atoms with van der Waals surface area (Å²) in [5.74, 6) is -0.525. The van der Waals surface area contributed by atoms with Gasteiger partial charge >= 0.3 is 18.1 Å². The summed E-state index contributed by atoms with van der Waals surface area (Å²) in [5, 5.41) is 0.507. The number of halogens is 4. The first-order valence-electron chi connectivity index (χ1n) is 11.6. The molecule has 0 aliphatic carbocycles. The molecule has 2 aromatic carbocycles. The van der Waals surface area contributed by atoms with E-state index in [1.807, 2.05) is 0 Å². The van der Waals surface area contributed by atoms with Gasteiger partial charge in [0, 0.05) is 24.4 Å². The van der Waals surface area contributed by atoms with Gasteiger partial charge in [0.05, 0.1) is 18.8 Å². The van der Waals surface area contributed by atoms with Gasteiger partial charge in [-0.15, -0.1) is 13.2 Å². The molecule has 0 aliphatic heterocycles. The molecule has 0 spiro atoms. The fourth-order valence-electron chi connectivity index (χ4n) is 3.85. The van der Waals surface area contributed by atoms with Crippen molar-refractivity contribution >= 4 is 29.0 Å². The van der Waals surface area contributed by atoms with Crippen molar-refractivity contribution in [3.8, 4) is 17.5 Å². The van der Waals surface area contributed by atoms with Crippen LogP contribution >= 0.6 is 11.6 Å². The number of ether oxygens (including phenoxy) is 2. The average Bonchev–Trinajstić information content (AvgIpc) is 3.22. The fourth-order valence-corrected chi connectivity index (χ4v) is 3.98. The van der Waals surface area contributed by atoms with E-state index in [2.05, 4.69) is 14.7 Å². The normalized spacial score (nSPS) is 12.4. The molecule has 2 aromatic heterocycles. The Kier molecular flexibility index (Phi) is 7.95. The summed E-state index contributed by atoms with van der Waals surface area (Å²) in [7, 11) is 1.34. The molecule has 39 heavy (non-hydrogen) atoms. The number of hydrogen-bond donors (Lipinski definition) is 0. The van der Waals surface area contributed by atoms with Crippen molar-refractivity contribution in [3.05, 3.63) is 91.7 Å². The molecule has 0 fully saturated rings. The maximum atomic E-state index is 13.3. The minimum absolute atomic E-state index is 0.0105. The number of aliphatic imine (C=N–C) groups is 1. The molecule has 0 N–H and O–H groups in total. The van der Waals surface area contributed by atoms with Crippen LogP contribution in [0.25, 0.3) is 11.2 Å². The van der Waals surface area contributed by atoms with Crippen molar-refractivity contribution in [1.82, 2.24) is 18.7 Å². The maximum Gasteiger partial charge on any atom is 0.573 e. The van der Waals surface area contributed by atoms with Crippen molar-refractivity contribution in [3.63, 3.8) is 0 Å². The third-order valence-electron chi connectivity index (χ3n) is 5.65. The first-order chi connectivity index (χ1) is 18.5. The molecule has 0 saturated carbocycles. The van der Waals surface area contributed by atoms with Crippen molar-refractivity contribution in [2.45, 2.75) is 33.3 Å². The second kappa shape index (κ2) is 11.2. The number of aromatic nitrogens is 4. The highest BCUT2D eigenvalue weighted by molar-refractivity contribution is 6.30. The van der Waals surface area contributed by atoms with E-state index in [1.165, 1.54) is 28.3 Å². The fraction of sp³-hybridized carbons (Fsp3) is 0.231. The summed E-state index contributed by atoms with van der Waals surface area (Å²) in [6.07, 6.45) is -1.60. The van der Waals surface area contributed by atoms with Gasteiger partial charge in [-0.1, -0.05) is 35.9 Å². The van der Waals surface area contributed by atoms with Crippen LogP contribution in [-0.2, 0) is 20.1 Å². The zero-order chi connectivity index (χ0) is 28.3. The molecule has 4 rings (SSSR count). The van der Waals surface area contributed by atoms with Crippen LogP contribution in [0, 0.1) is 0 Å². The Morgan fingerprint density at radius 1 is 1.08 bits per heavy atom. The van der Waals surface area contributed by atoms with Crippen LogP contribution in [0.1, 0.15) is 19.4 Å². The third kappa shape index (κ3) is 6.23. The minimum Gasteiger partial charge on any atom is -0.425 e. The number of imidazole rings is 1. The highest BCUT2D eigenvalue weighted by Crippen LogP contribution is 2.30. The first-order valence-corrected chi connectivity index (χ1v) is 12.0. The molecule has 0 aliphatic rings. The molecule has 0 bridgehead atoms. The Hall–Kier alpha value is -4.32. The van der Waals surface area contributed by atoms with Gasteiger partial charge in [-0.2, -0.15) is 4.98 Å². The van der Waals surface area contributed by atoms with Gasteiger partial charge in [-0.25, -0.2) is 4.79 Å². The van der Waals surface area contributed by atoms with Crippen LogP contribution in [0.3, 0.4) is 0 Å². The summed E-state index contributed by atoms with van der Waals surface area (Å²) in [5.41, 5.74) is 0.105. The van der Waals surface area contributed by atoms with Gasteiger partial charge in [0.2, 0.25) is 0 Å². The third-order valence-corrected chi connectivity index (χ3v) is 5.90.